The largest absolute Gasteiger partial charge is 0.496 e. The fourth-order valence-electron chi connectivity index (χ4n) is 4.94. The lowest BCUT2D eigenvalue weighted by atomic mass is 9.91. The molecule has 1 aromatic heterocycles. The van der Waals surface area contributed by atoms with Gasteiger partial charge in [0.1, 0.15) is 11.4 Å². The number of hydrogen-bond acceptors (Lipinski definition) is 4. The maximum atomic E-state index is 9.81. The van der Waals surface area contributed by atoms with Crippen molar-refractivity contribution >= 4 is 16.6 Å². The predicted molar refractivity (Wildman–Crippen MR) is 118 cm³/mol. The summed E-state index contributed by atoms with van der Waals surface area (Å²) in [6.45, 7) is 0.745. The van der Waals surface area contributed by atoms with E-state index in [2.05, 4.69) is 41.8 Å². The van der Waals surface area contributed by atoms with Crippen molar-refractivity contribution in [2.24, 2.45) is 0 Å². The summed E-state index contributed by atoms with van der Waals surface area (Å²) in [6.07, 6.45) is 3.43. The molecule has 1 saturated carbocycles. The Morgan fingerprint density at radius 2 is 1.77 bits per heavy atom. The number of nitrogens with zero attached hydrogens (tertiary/aromatic N) is 2. The molecule has 0 unspecified atom stereocenters. The molecule has 2 heterocycles. The van der Waals surface area contributed by atoms with Crippen LogP contribution in [0.5, 0.6) is 5.75 Å². The number of benzene rings is 2. The molecule has 0 saturated heterocycles. The summed E-state index contributed by atoms with van der Waals surface area (Å²) in [7, 11) is 5.91. The number of rotatable bonds is 5. The van der Waals surface area contributed by atoms with E-state index in [0.29, 0.717) is 5.92 Å². The van der Waals surface area contributed by atoms with Gasteiger partial charge in [0.2, 0.25) is 0 Å². The summed E-state index contributed by atoms with van der Waals surface area (Å²) in [6, 6.07) is 10.9. The van der Waals surface area contributed by atoms with Crippen LogP contribution in [-0.2, 0) is 26.2 Å². The molecule has 1 aliphatic heterocycles. The number of ether oxygens (including phenoxy) is 1. The van der Waals surface area contributed by atoms with Gasteiger partial charge in [-0.25, -0.2) is 4.57 Å². The average molecular weight is 406 g/mol. The molecule has 2 N–H and O–H groups in total. The minimum atomic E-state index is -0.0764. The number of aliphatic hydroxyl groups excluding tert-OH is 2. The second-order valence-electron chi connectivity index (χ2n) is 8.70. The molecule has 156 valence electrons. The van der Waals surface area contributed by atoms with E-state index in [0.717, 1.165) is 46.4 Å². The van der Waals surface area contributed by atoms with Gasteiger partial charge in [0.15, 0.2) is 0 Å². The van der Waals surface area contributed by atoms with Crippen molar-refractivity contribution in [2.45, 2.75) is 44.9 Å². The van der Waals surface area contributed by atoms with Gasteiger partial charge in [-0.2, -0.15) is 0 Å². The molecule has 5 nitrogen and oxygen atoms in total. The zero-order valence-electron chi connectivity index (χ0n) is 17.9. The molecule has 2 aliphatic rings. The number of methoxy groups -OCH3 is 1. The second kappa shape index (κ2) is 7.25. The highest BCUT2D eigenvalue weighted by Gasteiger charge is 2.32. The number of fused-ring (bicyclic) bond motifs is 4. The number of aromatic nitrogens is 1. The Labute approximate surface area is 177 Å². The summed E-state index contributed by atoms with van der Waals surface area (Å²) >= 11 is 0. The van der Waals surface area contributed by atoms with Gasteiger partial charge in [0.05, 0.1) is 46.3 Å². The molecule has 0 amide bonds. The smallest absolute Gasteiger partial charge is 0.284 e. The Morgan fingerprint density at radius 3 is 2.40 bits per heavy atom. The summed E-state index contributed by atoms with van der Waals surface area (Å²) in [5.74, 6) is 2.77. The van der Waals surface area contributed by atoms with Gasteiger partial charge in [0, 0.05) is 12.0 Å². The van der Waals surface area contributed by atoms with Crippen LogP contribution in [0.25, 0.3) is 22.0 Å². The van der Waals surface area contributed by atoms with Crippen LogP contribution >= 0.6 is 0 Å². The van der Waals surface area contributed by atoms with Crippen LogP contribution in [0.4, 0.5) is 5.82 Å². The molecule has 0 bridgehead atoms. The fraction of sp³-hybridized carbons (Fsp3) is 0.400. The van der Waals surface area contributed by atoms with Crippen molar-refractivity contribution < 1.29 is 19.5 Å². The first kappa shape index (κ1) is 19.3. The second-order valence-corrected chi connectivity index (χ2v) is 8.70. The van der Waals surface area contributed by atoms with E-state index in [9.17, 15) is 10.2 Å². The van der Waals surface area contributed by atoms with Crippen LogP contribution < -0.4 is 14.2 Å². The molecular formula is C25H29N2O3+. The molecular weight excluding hydrogens is 376 g/mol. The monoisotopic (exact) mass is 405 g/mol. The quantitative estimate of drug-likeness (QED) is 0.640. The zero-order valence-corrected chi connectivity index (χ0v) is 17.9. The topological polar surface area (TPSA) is 56.8 Å². The van der Waals surface area contributed by atoms with E-state index < -0.39 is 0 Å². The van der Waals surface area contributed by atoms with Gasteiger partial charge in [-0.3, -0.25) is 4.90 Å². The number of aliphatic hydroxyl groups is 2. The van der Waals surface area contributed by atoms with Crippen molar-refractivity contribution in [3.63, 3.8) is 0 Å². The summed E-state index contributed by atoms with van der Waals surface area (Å²) < 4.78 is 8.12. The SMILES string of the molecule is COc1cc2c(cc1C1CC1)-c1cc3cc(CO)c(CO)cc3c(N(C)C)[n+]1CC2. The van der Waals surface area contributed by atoms with E-state index in [1.54, 1.807) is 7.11 Å². The third-order valence-electron chi connectivity index (χ3n) is 6.57. The molecule has 5 rings (SSSR count). The maximum Gasteiger partial charge on any atom is 0.284 e. The molecule has 5 heteroatoms. The van der Waals surface area contributed by atoms with Gasteiger partial charge in [-0.05, 0) is 76.7 Å². The van der Waals surface area contributed by atoms with E-state index >= 15 is 0 Å². The van der Waals surface area contributed by atoms with E-state index in [1.807, 2.05) is 12.1 Å². The Kier molecular flexibility index (Phi) is 4.68. The summed E-state index contributed by atoms with van der Waals surface area (Å²) in [4.78, 5) is 2.15. The third-order valence-corrected chi connectivity index (χ3v) is 6.57. The number of hydrogen-bond donors (Lipinski definition) is 2. The average Bonchev–Trinajstić information content (AvgIpc) is 3.60. The highest BCUT2D eigenvalue weighted by molar-refractivity contribution is 5.94. The highest BCUT2D eigenvalue weighted by atomic mass is 16.5. The summed E-state index contributed by atoms with van der Waals surface area (Å²) in [5, 5.41) is 21.8. The van der Waals surface area contributed by atoms with Crippen molar-refractivity contribution in [2.75, 3.05) is 26.1 Å². The van der Waals surface area contributed by atoms with Crippen molar-refractivity contribution in [3.05, 3.63) is 52.6 Å². The Balaban J connectivity index is 1.81. The van der Waals surface area contributed by atoms with Gasteiger partial charge < -0.3 is 14.9 Å². The molecule has 0 radical (unpaired) electrons. The lowest BCUT2D eigenvalue weighted by Crippen LogP contribution is -2.45. The maximum absolute atomic E-state index is 9.81. The van der Waals surface area contributed by atoms with Gasteiger partial charge in [0.25, 0.3) is 5.82 Å². The lowest BCUT2D eigenvalue weighted by molar-refractivity contribution is -0.674. The van der Waals surface area contributed by atoms with Crippen LogP contribution in [-0.4, -0.2) is 31.4 Å². The first-order valence-electron chi connectivity index (χ1n) is 10.7. The molecule has 0 spiro atoms. The zero-order chi connectivity index (χ0) is 21.0. The standard InChI is InChI=1S/C25H29N2O3/c1-26(2)25-22-9-19(14-29)18(13-28)8-17(22)10-23-20-12-21(15-4-5-15)24(30-3)11-16(20)6-7-27(23)25/h8-12,15,28-29H,4-7,13-14H2,1-3H3/q+1. The molecule has 1 fully saturated rings. The fourth-order valence-corrected chi connectivity index (χ4v) is 4.94. The highest BCUT2D eigenvalue weighted by Crippen LogP contribution is 2.47. The Hall–Kier alpha value is -2.63. The van der Waals surface area contributed by atoms with Crippen molar-refractivity contribution in [1.29, 1.82) is 0 Å². The minimum absolute atomic E-state index is 0.0756. The van der Waals surface area contributed by atoms with E-state index in [-0.39, 0.29) is 13.2 Å². The number of aryl methyl sites for hydroxylation is 1. The predicted octanol–water partition coefficient (Wildman–Crippen LogP) is 3.29. The lowest BCUT2D eigenvalue weighted by Gasteiger charge is -2.25. The molecule has 3 aromatic rings. The number of anilines is 1. The first-order valence-corrected chi connectivity index (χ1v) is 10.7. The summed E-state index contributed by atoms with van der Waals surface area (Å²) in [5.41, 5.74) is 6.70. The first-order chi connectivity index (χ1) is 14.5. The van der Waals surface area contributed by atoms with Crippen LogP contribution in [0.15, 0.2) is 30.3 Å². The van der Waals surface area contributed by atoms with Gasteiger partial charge in [-0.15, -0.1) is 0 Å². The van der Waals surface area contributed by atoms with Crippen molar-refractivity contribution in [1.82, 2.24) is 0 Å². The van der Waals surface area contributed by atoms with Gasteiger partial charge >= 0.3 is 0 Å². The molecule has 2 aromatic carbocycles. The Bertz CT molecular complexity index is 1150. The van der Waals surface area contributed by atoms with Crippen LogP contribution in [0.3, 0.4) is 0 Å². The van der Waals surface area contributed by atoms with Crippen molar-refractivity contribution in [3.8, 4) is 17.0 Å². The van der Waals surface area contributed by atoms with Crippen LogP contribution in [0, 0.1) is 0 Å². The van der Waals surface area contributed by atoms with E-state index in [4.69, 9.17) is 4.74 Å². The van der Waals surface area contributed by atoms with Crippen LogP contribution in [0.1, 0.15) is 41.0 Å². The molecule has 30 heavy (non-hydrogen) atoms. The molecule has 0 atom stereocenters. The van der Waals surface area contributed by atoms with E-state index in [1.165, 1.54) is 35.2 Å². The van der Waals surface area contributed by atoms with Crippen LogP contribution in [0.2, 0.25) is 0 Å². The number of pyridine rings is 1. The van der Waals surface area contributed by atoms with Gasteiger partial charge in [-0.1, -0.05) is 0 Å². The third kappa shape index (κ3) is 2.96. The normalized spacial score (nSPS) is 15.1. The molecule has 1 aliphatic carbocycles. The Morgan fingerprint density at radius 1 is 1.03 bits per heavy atom. The minimum Gasteiger partial charge on any atom is -0.496 e.